The molecule has 0 aliphatic heterocycles. The molecule has 0 aliphatic carbocycles. The van der Waals surface area contributed by atoms with Crippen molar-refractivity contribution in [1.29, 1.82) is 0 Å². The van der Waals surface area contributed by atoms with Crippen LogP contribution in [0.5, 0.6) is 0 Å². The zero-order valence-electron chi connectivity index (χ0n) is 9.88. The SMILES string of the molecule is O=C(O)c1ccc(-c2cccc3ccccc23)n1Cl. The minimum Gasteiger partial charge on any atom is -0.477 e. The third-order valence-electron chi connectivity index (χ3n) is 3.11. The van der Waals surface area contributed by atoms with Crippen LogP contribution in [0.3, 0.4) is 0 Å². The van der Waals surface area contributed by atoms with E-state index in [1.807, 2.05) is 42.5 Å². The smallest absolute Gasteiger partial charge is 0.353 e. The largest absolute Gasteiger partial charge is 0.477 e. The first kappa shape index (κ1) is 11.8. The summed E-state index contributed by atoms with van der Waals surface area (Å²) in [5, 5.41) is 11.2. The lowest BCUT2D eigenvalue weighted by molar-refractivity contribution is 0.0690. The number of benzene rings is 2. The molecule has 0 saturated carbocycles. The lowest BCUT2D eigenvalue weighted by atomic mass is 10.0. The number of hydrogen-bond donors (Lipinski definition) is 1. The average molecular weight is 272 g/mol. The molecule has 1 heterocycles. The molecule has 0 amide bonds. The lowest BCUT2D eigenvalue weighted by Crippen LogP contribution is -2.01. The Morgan fingerprint density at radius 2 is 1.74 bits per heavy atom. The summed E-state index contributed by atoms with van der Waals surface area (Å²) in [7, 11) is 0. The van der Waals surface area contributed by atoms with Crippen molar-refractivity contribution in [3.05, 3.63) is 60.3 Å². The molecule has 0 bridgehead atoms. The second kappa shape index (κ2) is 4.44. The van der Waals surface area contributed by atoms with Gasteiger partial charge in [-0.3, -0.25) is 0 Å². The van der Waals surface area contributed by atoms with E-state index in [0.717, 1.165) is 16.3 Å². The second-order valence-corrected chi connectivity index (χ2v) is 4.55. The first-order valence-electron chi connectivity index (χ1n) is 5.78. The molecule has 3 rings (SSSR count). The average Bonchev–Trinajstić information content (AvgIpc) is 2.80. The van der Waals surface area contributed by atoms with E-state index in [0.29, 0.717) is 5.69 Å². The topological polar surface area (TPSA) is 42.2 Å². The molecule has 1 aromatic heterocycles. The molecule has 0 fully saturated rings. The standard InChI is InChI=1S/C15H10ClNO2/c16-17-13(8-9-14(17)15(18)19)12-7-3-5-10-4-1-2-6-11(10)12/h1-9H,(H,18,19). The summed E-state index contributed by atoms with van der Waals surface area (Å²) in [5.74, 6) is -1.04. The summed E-state index contributed by atoms with van der Waals surface area (Å²) in [5.41, 5.74) is 1.65. The predicted molar refractivity (Wildman–Crippen MR) is 75.6 cm³/mol. The molecule has 0 saturated heterocycles. The van der Waals surface area contributed by atoms with Crippen molar-refractivity contribution >= 4 is 28.5 Å². The van der Waals surface area contributed by atoms with E-state index in [-0.39, 0.29) is 5.69 Å². The van der Waals surface area contributed by atoms with Gasteiger partial charge in [-0.25, -0.2) is 8.88 Å². The molecular weight excluding hydrogens is 262 g/mol. The predicted octanol–water partition coefficient (Wildman–Crippen LogP) is 4.01. The molecule has 0 aliphatic rings. The van der Waals surface area contributed by atoms with Gasteiger partial charge in [0.25, 0.3) is 0 Å². The molecule has 3 aromatic rings. The van der Waals surface area contributed by atoms with E-state index in [2.05, 4.69) is 0 Å². The fourth-order valence-electron chi connectivity index (χ4n) is 2.22. The minimum atomic E-state index is -1.04. The zero-order chi connectivity index (χ0) is 13.4. The van der Waals surface area contributed by atoms with Crippen molar-refractivity contribution in [2.24, 2.45) is 0 Å². The molecule has 2 aromatic carbocycles. The summed E-state index contributed by atoms with van der Waals surface area (Å²) in [4.78, 5) is 11.0. The maximum atomic E-state index is 11.0. The number of aromatic carboxylic acids is 1. The van der Waals surface area contributed by atoms with Gasteiger partial charge in [0, 0.05) is 17.3 Å². The molecule has 3 nitrogen and oxygen atoms in total. The number of carboxylic acids is 1. The molecular formula is C15H10ClNO2. The summed E-state index contributed by atoms with van der Waals surface area (Å²) < 4.78 is 1.18. The highest BCUT2D eigenvalue weighted by Gasteiger charge is 2.15. The molecule has 0 atom stereocenters. The van der Waals surface area contributed by atoms with E-state index < -0.39 is 5.97 Å². The monoisotopic (exact) mass is 271 g/mol. The summed E-state index contributed by atoms with van der Waals surface area (Å²) in [6, 6.07) is 17.0. The van der Waals surface area contributed by atoms with Crippen LogP contribution in [0.25, 0.3) is 22.0 Å². The van der Waals surface area contributed by atoms with Crippen molar-refractivity contribution in [2.75, 3.05) is 0 Å². The minimum absolute atomic E-state index is 0.0598. The van der Waals surface area contributed by atoms with Gasteiger partial charge < -0.3 is 5.11 Å². The fourth-order valence-corrected chi connectivity index (χ4v) is 2.49. The van der Waals surface area contributed by atoms with E-state index in [1.54, 1.807) is 6.07 Å². The Kier molecular flexibility index (Phi) is 2.76. The van der Waals surface area contributed by atoms with Crippen LogP contribution in [0.2, 0.25) is 0 Å². The Hall–Kier alpha value is -2.26. The van der Waals surface area contributed by atoms with Crippen LogP contribution in [0.15, 0.2) is 54.6 Å². The molecule has 1 N–H and O–H groups in total. The van der Waals surface area contributed by atoms with Crippen LogP contribution < -0.4 is 0 Å². The Bertz CT molecular complexity index is 771. The Morgan fingerprint density at radius 1 is 1.00 bits per heavy atom. The second-order valence-electron chi connectivity index (χ2n) is 4.22. The van der Waals surface area contributed by atoms with Gasteiger partial charge in [0.2, 0.25) is 0 Å². The van der Waals surface area contributed by atoms with Crippen LogP contribution in [-0.2, 0) is 0 Å². The zero-order valence-corrected chi connectivity index (χ0v) is 10.6. The van der Waals surface area contributed by atoms with Crippen molar-refractivity contribution in [2.45, 2.75) is 0 Å². The lowest BCUT2D eigenvalue weighted by Gasteiger charge is -2.07. The quantitative estimate of drug-likeness (QED) is 0.765. The van der Waals surface area contributed by atoms with Gasteiger partial charge in [-0.05, 0) is 22.9 Å². The Morgan fingerprint density at radius 3 is 2.47 bits per heavy atom. The van der Waals surface area contributed by atoms with Gasteiger partial charge in [-0.2, -0.15) is 0 Å². The molecule has 0 unspecified atom stereocenters. The Labute approximate surface area is 114 Å². The number of carbonyl (C=O) groups is 1. The van der Waals surface area contributed by atoms with E-state index >= 15 is 0 Å². The van der Waals surface area contributed by atoms with E-state index in [9.17, 15) is 4.79 Å². The normalized spacial score (nSPS) is 10.8. The Balaban J connectivity index is 2.28. The van der Waals surface area contributed by atoms with E-state index in [1.165, 1.54) is 10.2 Å². The van der Waals surface area contributed by atoms with Gasteiger partial charge in [0.05, 0.1) is 5.69 Å². The highest BCUT2D eigenvalue weighted by Crippen LogP contribution is 2.30. The van der Waals surface area contributed by atoms with Gasteiger partial charge in [-0.15, -0.1) is 0 Å². The van der Waals surface area contributed by atoms with Gasteiger partial charge in [0.15, 0.2) is 0 Å². The fraction of sp³-hybridized carbons (Fsp3) is 0. The van der Waals surface area contributed by atoms with E-state index in [4.69, 9.17) is 16.9 Å². The van der Waals surface area contributed by atoms with Crippen molar-refractivity contribution in [3.63, 3.8) is 0 Å². The molecule has 94 valence electrons. The van der Waals surface area contributed by atoms with Crippen LogP contribution in [0.4, 0.5) is 0 Å². The third-order valence-corrected chi connectivity index (χ3v) is 3.47. The maximum Gasteiger partial charge on any atom is 0.353 e. The first-order valence-corrected chi connectivity index (χ1v) is 6.11. The van der Waals surface area contributed by atoms with Crippen LogP contribution >= 0.6 is 11.8 Å². The van der Waals surface area contributed by atoms with Crippen LogP contribution in [0.1, 0.15) is 10.5 Å². The van der Waals surface area contributed by atoms with Crippen molar-refractivity contribution in [1.82, 2.24) is 4.09 Å². The maximum absolute atomic E-state index is 11.0. The van der Waals surface area contributed by atoms with Gasteiger partial charge in [-0.1, -0.05) is 42.5 Å². The number of halogens is 1. The summed E-state index contributed by atoms with van der Waals surface area (Å²) >= 11 is 6.09. The summed E-state index contributed by atoms with van der Waals surface area (Å²) in [6.45, 7) is 0. The number of rotatable bonds is 2. The number of carboxylic acid groups (broad SMARTS) is 1. The third kappa shape index (κ3) is 1.88. The van der Waals surface area contributed by atoms with Crippen LogP contribution in [0, 0.1) is 0 Å². The van der Waals surface area contributed by atoms with Crippen molar-refractivity contribution in [3.8, 4) is 11.3 Å². The summed E-state index contributed by atoms with van der Waals surface area (Å²) in [6.07, 6.45) is 0. The molecule has 0 spiro atoms. The van der Waals surface area contributed by atoms with Gasteiger partial charge >= 0.3 is 5.97 Å². The van der Waals surface area contributed by atoms with Gasteiger partial charge in [0.1, 0.15) is 5.69 Å². The molecule has 4 heteroatoms. The highest BCUT2D eigenvalue weighted by atomic mass is 35.5. The molecule has 19 heavy (non-hydrogen) atoms. The number of fused-ring (bicyclic) bond motifs is 1. The first-order chi connectivity index (χ1) is 9.18. The number of nitrogens with zero attached hydrogens (tertiary/aromatic N) is 1. The number of hydrogen-bond acceptors (Lipinski definition) is 1. The number of aromatic nitrogens is 1. The highest BCUT2D eigenvalue weighted by molar-refractivity contribution is 6.20. The van der Waals surface area contributed by atoms with Crippen LogP contribution in [-0.4, -0.2) is 15.2 Å². The van der Waals surface area contributed by atoms with Crippen molar-refractivity contribution < 1.29 is 9.90 Å². The molecule has 0 radical (unpaired) electrons.